The van der Waals surface area contributed by atoms with Crippen molar-refractivity contribution in [1.82, 2.24) is 10.1 Å². The first-order valence-corrected chi connectivity index (χ1v) is 8.42. The van der Waals surface area contributed by atoms with Gasteiger partial charge in [0.2, 0.25) is 0 Å². The van der Waals surface area contributed by atoms with E-state index < -0.39 is 30.4 Å². The van der Waals surface area contributed by atoms with Crippen molar-refractivity contribution in [2.75, 3.05) is 13.2 Å². The van der Waals surface area contributed by atoms with Gasteiger partial charge in [-0.2, -0.15) is 0 Å². The summed E-state index contributed by atoms with van der Waals surface area (Å²) in [6.07, 6.45) is 3.16. The molecular formula is C15H22N2O7. The van der Waals surface area contributed by atoms with E-state index in [-0.39, 0.29) is 12.8 Å². The Morgan fingerprint density at radius 2 is 1.21 bits per heavy atom. The number of imide groups is 2. The Hall–Kier alpha value is -1.55. The van der Waals surface area contributed by atoms with Gasteiger partial charge in [0, 0.05) is 38.9 Å². The Morgan fingerprint density at radius 1 is 0.750 bits per heavy atom. The molecule has 0 aromatic rings. The van der Waals surface area contributed by atoms with E-state index in [1.165, 1.54) is 0 Å². The van der Waals surface area contributed by atoms with E-state index in [1.807, 2.05) is 0 Å². The molecule has 0 saturated carbocycles. The van der Waals surface area contributed by atoms with Crippen LogP contribution in [0.4, 0.5) is 4.79 Å². The molecule has 0 spiro atoms. The van der Waals surface area contributed by atoms with E-state index in [4.69, 9.17) is 19.1 Å². The van der Waals surface area contributed by atoms with Gasteiger partial charge in [0.05, 0.1) is 0 Å². The number of hydroxylamine groups is 4. The molecule has 0 aromatic carbocycles. The minimum atomic E-state index is -0.953. The fourth-order valence-electron chi connectivity index (χ4n) is 2.74. The number of urea groups is 1. The lowest BCUT2D eigenvalue weighted by Crippen LogP contribution is -2.49. The third kappa shape index (κ3) is 4.10. The van der Waals surface area contributed by atoms with Gasteiger partial charge >= 0.3 is 6.03 Å². The van der Waals surface area contributed by atoms with E-state index in [0.29, 0.717) is 36.2 Å². The first-order valence-electron chi connectivity index (χ1n) is 8.42. The van der Waals surface area contributed by atoms with Gasteiger partial charge in [-0.15, -0.1) is 10.1 Å². The van der Waals surface area contributed by atoms with Crippen molar-refractivity contribution in [3.63, 3.8) is 0 Å². The Bertz CT molecular complexity index is 444. The van der Waals surface area contributed by atoms with Gasteiger partial charge in [-0.05, 0) is 25.7 Å². The molecule has 9 nitrogen and oxygen atoms in total. The monoisotopic (exact) mass is 342 g/mol. The second kappa shape index (κ2) is 8.02. The second-order valence-corrected chi connectivity index (χ2v) is 5.96. The van der Waals surface area contributed by atoms with E-state index >= 15 is 0 Å². The molecule has 0 aliphatic carbocycles. The summed E-state index contributed by atoms with van der Waals surface area (Å²) >= 11 is 0. The third-order valence-electron chi connectivity index (χ3n) is 4.08. The van der Waals surface area contributed by atoms with Crippen LogP contribution in [-0.2, 0) is 28.7 Å². The van der Waals surface area contributed by atoms with Crippen LogP contribution in [0.3, 0.4) is 0 Å². The van der Waals surface area contributed by atoms with E-state index in [1.54, 1.807) is 0 Å². The van der Waals surface area contributed by atoms with Crippen LogP contribution in [0.2, 0.25) is 0 Å². The number of amides is 4. The molecule has 2 atom stereocenters. The number of ether oxygens (including phenoxy) is 2. The largest absolute Gasteiger partial charge is 0.382 e. The highest BCUT2D eigenvalue weighted by molar-refractivity contribution is 6.04. The molecule has 0 N–H and O–H groups in total. The maximum atomic E-state index is 12.6. The third-order valence-corrected chi connectivity index (χ3v) is 4.08. The Kier molecular flexibility index (Phi) is 5.77. The van der Waals surface area contributed by atoms with Crippen molar-refractivity contribution in [2.24, 2.45) is 0 Å². The summed E-state index contributed by atoms with van der Waals surface area (Å²) in [4.78, 5) is 47.6. The highest BCUT2D eigenvalue weighted by Gasteiger charge is 2.40. The van der Waals surface area contributed by atoms with Gasteiger partial charge in [0.15, 0.2) is 12.6 Å². The predicted molar refractivity (Wildman–Crippen MR) is 77.7 cm³/mol. The van der Waals surface area contributed by atoms with Gasteiger partial charge in [-0.3, -0.25) is 9.59 Å². The standard InChI is InChI=1S/C15H22N2O7/c18-11-7-8-12(19)17(24-14-6-2-4-10-22-14)15(20)16(11)23-13-5-1-3-9-21-13/h13-14H,1-10H2. The maximum absolute atomic E-state index is 12.6. The summed E-state index contributed by atoms with van der Waals surface area (Å²) < 4.78 is 10.8. The van der Waals surface area contributed by atoms with Crippen molar-refractivity contribution < 1.29 is 33.5 Å². The molecule has 3 aliphatic heterocycles. The molecule has 2 unspecified atom stereocenters. The molecule has 24 heavy (non-hydrogen) atoms. The highest BCUT2D eigenvalue weighted by atomic mass is 16.8. The van der Waals surface area contributed by atoms with Crippen LogP contribution in [0, 0.1) is 0 Å². The number of hydrogen-bond donors (Lipinski definition) is 0. The predicted octanol–water partition coefficient (Wildman–Crippen LogP) is 1.47. The summed E-state index contributed by atoms with van der Waals surface area (Å²) in [5.74, 6) is -1.17. The zero-order valence-electron chi connectivity index (χ0n) is 13.5. The first kappa shape index (κ1) is 17.3. The molecule has 0 aromatic heterocycles. The second-order valence-electron chi connectivity index (χ2n) is 5.96. The van der Waals surface area contributed by atoms with Crippen molar-refractivity contribution >= 4 is 17.8 Å². The zero-order valence-corrected chi connectivity index (χ0v) is 13.5. The van der Waals surface area contributed by atoms with Gasteiger partial charge in [0.25, 0.3) is 11.8 Å². The number of carbonyl (C=O) groups excluding carboxylic acids is 3. The number of nitrogens with zero attached hydrogens (tertiary/aromatic N) is 2. The van der Waals surface area contributed by atoms with Crippen molar-refractivity contribution in [2.45, 2.75) is 63.9 Å². The molecule has 9 heteroatoms. The first-order chi connectivity index (χ1) is 11.6. The Labute approximate surface area is 139 Å². The summed E-state index contributed by atoms with van der Waals surface area (Å²) in [7, 11) is 0. The fraction of sp³-hybridized carbons (Fsp3) is 0.800. The van der Waals surface area contributed by atoms with Crippen molar-refractivity contribution in [1.29, 1.82) is 0 Å². The average Bonchev–Trinajstić information content (AvgIpc) is 2.71. The van der Waals surface area contributed by atoms with Crippen LogP contribution >= 0.6 is 0 Å². The summed E-state index contributed by atoms with van der Waals surface area (Å²) in [6, 6.07) is -0.953. The molecule has 3 fully saturated rings. The number of rotatable bonds is 4. The van der Waals surface area contributed by atoms with Crippen LogP contribution < -0.4 is 0 Å². The van der Waals surface area contributed by atoms with E-state index in [9.17, 15) is 14.4 Å². The smallest absolute Gasteiger partial charge is 0.350 e. The zero-order chi connectivity index (χ0) is 16.9. The number of carbonyl (C=O) groups is 3. The molecule has 3 heterocycles. The summed E-state index contributed by atoms with van der Waals surface area (Å²) in [6.45, 7) is 1.02. The molecule has 0 radical (unpaired) electrons. The van der Waals surface area contributed by atoms with Gasteiger partial charge in [-0.25, -0.2) is 14.5 Å². The lowest BCUT2D eigenvalue weighted by atomic mass is 10.2. The lowest BCUT2D eigenvalue weighted by Gasteiger charge is -2.31. The Balaban J connectivity index is 1.68. The van der Waals surface area contributed by atoms with E-state index in [2.05, 4.69) is 0 Å². The fourth-order valence-corrected chi connectivity index (χ4v) is 2.74. The molecule has 134 valence electrons. The van der Waals surface area contributed by atoms with Crippen LogP contribution in [0.1, 0.15) is 51.4 Å². The highest BCUT2D eigenvalue weighted by Crippen LogP contribution is 2.22. The maximum Gasteiger partial charge on any atom is 0.382 e. The van der Waals surface area contributed by atoms with Gasteiger partial charge in [0.1, 0.15) is 0 Å². The minimum Gasteiger partial charge on any atom is -0.350 e. The molecule has 4 amide bonds. The van der Waals surface area contributed by atoms with Gasteiger partial charge < -0.3 is 9.47 Å². The van der Waals surface area contributed by atoms with Crippen LogP contribution in [-0.4, -0.2) is 53.8 Å². The SMILES string of the molecule is O=C1CCC(=O)N(OC2CCCCO2)C(=O)N1OC1CCCCO1. The minimum absolute atomic E-state index is 0.122. The van der Waals surface area contributed by atoms with Crippen LogP contribution in [0.15, 0.2) is 0 Å². The molecule has 3 saturated heterocycles. The average molecular weight is 342 g/mol. The van der Waals surface area contributed by atoms with Crippen LogP contribution in [0.5, 0.6) is 0 Å². The van der Waals surface area contributed by atoms with Crippen molar-refractivity contribution in [3.05, 3.63) is 0 Å². The van der Waals surface area contributed by atoms with Crippen molar-refractivity contribution in [3.8, 4) is 0 Å². The topological polar surface area (TPSA) is 94.6 Å². The Morgan fingerprint density at radius 3 is 1.58 bits per heavy atom. The van der Waals surface area contributed by atoms with Gasteiger partial charge in [-0.1, -0.05) is 0 Å². The molecule has 3 aliphatic rings. The summed E-state index contributed by atoms with van der Waals surface area (Å²) in [5.41, 5.74) is 0. The van der Waals surface area contributed by atoms with E-state index in [0.717, 1.165) is 25.7 Å². The summed E-state index contributed by atoms with van der Waals surface area (Å²) in [5, 5.41) is 1.17. The molecule has 3 rings (SSSR count). The molecular weight excluding hydrogens is 320 g/mol. The lowest BCUT2D eigenvalue weighted by molar-refractivity contribution is -0.287. The normalized spacial score (nSPS) is 29.8. The quantitative estimate of drug-likeness (QED) is 0.763. The number of hydrogen-bond acceptors (Lipinski definition) is 7. The molecule has 0 bridgehead atoms. The van der Waals surface area contributed by atoms with Crippen LogP contribution in [0.25, 0.3) is 0 Å².